The molecule has 1 aromatic rings. The molecule has 0 spiro atoms. The van der Waals surface area contributed by atoms with Crippen molar-refractivity contribution in [1.29, 1.82) is 0 Å². The van der Waals surface area contributed by atoms with Crippen molar-refractivity contribution in [3.05, 3.63) is 24.3 Å². The molecule has 0 radical (unpaired) electrons. The summed E-state index contributed by atoms with van der Waals surface area (Å²) in [5, 5.41) is 11.8. The molecule has 2 fully saturated rings. The number of anilines is 1. The minimum absolute atomic E-state index is 0.0386. The van der Waals surface area contributed by atoms with Gasteiger partial charge in [-0.3, -0.25) is 4.79 Å². The molecule has 2 saturated heterocycles. The van der Waals surface area contributed by atoms with Crippen LogP contribution in [0.4, 0.5) is 10.5 Å². The molecule has 2 aliphatic heterocycles. The van der Waals surface area contributed by atoms with Crippen molar-refractivity contribution in [1.82, 2.24) is 4.90 Å². The van der Waals surface area contributed by atoms with E-state index in [4.69, 9.17) is 9.84 Å². The number of carbonyl (C=O) groups is 2. The number of piperidine rings is 1. The van der Waals surface area contributed by atoms with Crippen molar-refractivity contribution in [2.75, 3.05) is 30.8 Å². The summed E-state index contributed by atoms with van der Waals surface area (Å²) in [6.07, 6.45) is 2.59. The third kappa shape index (κ3) is 4.98. The lowest BCUT2D eigenvalue weighted by Crippen LogP contribution is -2.44. The van der Waals surface area contributed by atoms with Gasteiger partial charge in [0.05, 0.1) is 22.7 Å². The molecule has 3 rings (SSSR count). The van der Waals surface area contributed by atoms with Gasteiger partial charge in [0.2, 0.25) is 0 Å². The Morgan fingerprint density at radius 2 is 1.93 bits per heavy atom. The van der Waals surface area contributed by atoms with E-state index in [1.54, 1.807) is 12.1 Å². The quantitative estimate of drug-likeness (QED) is 0.787. The molecule has 2 atom stereocenters. The van der Waals surface area contributed by atoms with Gasteiger partial charge in [-0.15, -0.1) is 0 Å². The van der Waals surface area contributed by atoms with Gasteiger partial charge in [0.1, 0.15) is 0 Å². The number of carboxylic acid groups (broad SMARTS) is 1. The number of carbonyl (C=O) groups excluding carboxylic acids is 1. The van der Waals surface area contributed by atoms with E-state index in [2.05, 4.69) is 5.32 Å². The molecule has 27 heavy (non-hydrogen) atoms. The Bertz CT molecular complexity index is 787. The molecule has 8 nitrogen and oxygen atoms in total. The Balaban J connectivity index is 1.60. The van der Waals surface area contributed by atoms with Gasteiger partial charge in [0.25, 0.3) is 0 Å². The summed E-state index contributed by atoms with van der Waals surface area (Å²) in [6, 6.07) is 5.64. The zero-order valence-electron chi connectivity index (χ0n) is 15.0. The number of benzene rings is 1. The van der Waals surface area contributed by atoms with Gasteiger partial charge in [-0.2, -0.15) is 0 Å². The smallest absolute Gasteiger partial charge is 0.321 e. The van der Waals surface area contributed by atoms with Gasteiger partial charge in [-0.05, 0) is 49.9 Å². The monoisotopic (exact) mass is 396 g/mol. The number of amides is 2. The Labute approximate surface area is 158 Å². The first-order chi connectivity index (χ1) is 12.8. The van der Waals surface area contributed by atoms with Crippen LogP contribution < -0.4 is 5.32 Å². The predicted molar refractivity (Wildman–Crippen MR) is 98.4 cm³/mol. The number of aliphatic carboxylic acids is 1. The molecule has 2 aliphatic rings. The van der Waals surface area contributed by atoms with Crippen molar-refractivity contribution in [2.24, 2.45) is 5.92 Å². The van der Waals surface area contributed by atoms with Crippen LogP contribution in [0.1, 0.15) is 25.7 Å². The Kier molecular flexibility index (Phi) is 6.01. The second-order valence-electron chi connectivity index (χ2n) is 6.99. The summed E-state index contributed by atoms with van der Waals surface area (Å²) in [5.74, 6) is -1.48. The number of rotatable bonds is 5. The molecule has 2 heterocycles. The van der Waals surface area contributed by atoms with Gasteiger partial charge < -0.3 is 20.1 Å². The van der Waals surface area contributed by atoms with Crippen molar-refractivity contribution < 1.29 is 27.9 Å². The highest BCUT2D eigenvalue weighted by Gasteiger charge is 2.28. The van der Waals surface area contributed by atoms with Crippen LogP contribution in [0, 0.1) is 5.92 Å². The first-order valence-electron chi connectivity index (χ1n) is 9.08. The van der Waals surface area contributed by atoms with Crippen molar-refractivity contribution in [3.63, 3.8) is 0 Å². The van der Waals surface area contributed by atoms with Gasteiger partial charge in [0.15, 0.2) is 9.84 Å². The van der Waals surface area contributed by atoms with Crippen LogP contribution >= 0.6 is 0 Å². The van der Waals surface area contributed by atoms with E-state index in [1.165, 1.54) is 17.0 Å². The summed E-state index contributed by atoms with van der Waals surface area (Å²) in [5.41, 5.74) is 0.466. The minimum atomic E-state index is -3.44. The highest BCUT2D eigenvalue weighted by molar-refractivity contribution is 7.91. The third-order valence-corrected chi connectivity index (χ3v) is 6.75. The topological polar surface area (TPSA) is 113 Å². The fourth-order valence-corrected chi connectivity index (χ4v) is 4.92. The maximum Gasteiger partial charge on any atom is 0.321 e. The van der Waals surface area contributed by atoms with Crippen LogP contribution in [0.3, 0.4) is 0 Å². The number of carboxylic acids is 1. The zero-order chi connectivity index (χ0) is 19.4. The zero-order valence-corrected chi connectivity index (χ0v) is 15.8. The van der Waals surface area contributed by atoms with E-state index >= 15 is 0 Å². The lowest BCUT2D eigenvalue weighted by molar-refractivity contribution is -0.143. The molecule has 2 N–H and O–H groups in total. The normalized spacial score (nSPS) is 23.2. The number of urea groups is 1. The standard InChI is InChI=1S/C18H24N2O6S/c21-17(22)13-3-1-9-20(11-13)18(23)19-14-5-7-16(8-6-14)27(24,25)12-15-4-2-10-26-15/h5-8,13,15H,1-4,9-12H2,(H,19,23)(H,21,22). The third-order valence-electron chi connectivity index (χ3n) is 4.95. The summed E-state index contributed by atoms with van der Waals surface area (Å²) < 4.78 is 30.3. The van der Waals surface area contributed by atoms with Crippen LogP contribution in [0.15, 0.2) is 29.2 Å². The molecule has 0 aromatic heterocycles. The largest absolute Gasteiger partial charge is 0.481 e. The number of sulfone groups is 1. The van der Waals surface area contributed by atoms with Gasteiger partial charge in [-0.25, -0.2) is 13.2 Å². The number of nitrogens with zero attached hydrogens (tertiary/aromatic N) is 1. The van der Waals surface area contributed by atoms with E-state index in [0.717, 1.165) is 12.8 Å². The first-order valence-corrected chi connectivity index (χ1v) is 10.7. The summed E-state index contributed by atoms with van der Waals surface area (Å²) in [7, 11) is -3.44. The molecule has 2 unspecified atom stereocenters. The maximum absolute atomic E-state index is 12.4. The highest BCUT2D eigenvalue weighted by Crippen LogP contribution is 2.22. The number of nitrogens with one attached hydrogen (secondary N) is 1. The molecule has 0 aliphatic carbocycles. The van der Waals surface area contributed by atoms with E-state index in [0.29, 0.717) is 31.7 Å². The van der Waals surface area contributed by atoms with Crippen LogP contribution in [0.25, 0.3) is 0 Å². The molecule has 2 amide bonds. The minimum Gasteiger partial charge on any atom is -0.481 e. The summed E-state index contributed by atoms with van der Waals surface area (Å²) in [6.45, 7) is 1.28. The number of hydrogen-bond donors (Lipinski definition) is 2. The Morgan fingerprint density at radius 3 is 2.56 bits per heavy atom. The fraction of sp³-hybridized carbons (Fsp3) is 0.556. The summed E-state index contributed by atoms with van der Waals surface area (Å²) in [4.78, 5) is 25.1. The molecular weight excluding hydrogens is 372 g/mol. The van der Waals surface area contributed by atoms with Gasteiger partial charge >= 0.3 is 12.0 Å². The average Bonchev–Trinajstić information content (AvgIpc) is 3.14. The molecule has 0 bridgehead atoms. The van der Waals surface area contributed by atoms with E-state index in [9.17, 15) is 18.0 Å². The van der Waals surface area contributed by atoms with E-state index in [-0.39, 0.29) is 29.3 Å². The number of ether oxygens (including phenoxy) is 1. The summed E-state index contributed by atoms with van der Waals surface area (Å²) >= 11 is 0. The first kappa shape index (κ1) is 19.6. The SMILES string of the molecule is O=C(O)C1CCCN(C(=O)Nc2ccc(S(=O)(=O)CC3CCCO3)cc2)C1. The molecular formula is C18H24N2O6S. The second-order valence-corrected chi connectivity index (χ2v) is 9.03. The van der Waals surface area contributed by atoms with Crippen LogP contribution in [0.2, 0.25) is 0 Å². The van der Waals surface area contributed by atoms with Crippen LogP contribution in [0.5, 0.6) is 0 Å². The highest BCUT2D eigenvalue weighted by atomic mass is 32.2. The second kappa shape index (κ2) is 8.26. The fourth-order valence-electron chi connectivity index (χ4n) is 3.43. The van der Waals surface area contributed by atoms with E-state index in [1.807, 2.05) is 0 Å². The lowest BCUT2D eigenvalue weighted by Gasteiger charge is -2.30. The number of likely N-dealkylation sites (tertiary alicyclic amines) is 1. The molecule has 9 heteroatoms. The van der Waals surface area contributed by atoms with Gasteiger partial charge in [-0.1, -0.05) is 0 Å². The predicted octanol–water partition coefficient (Wildman–Crippen LogP) is 1.97. The van der Waals surface area contributed by atoms with Crippen molar-refractivity contribution >= 4 is 27.5 Å². The van der Waals surface area contributed by atoms with Crippen molar-refractivity contribution in [2.45, 2.75) is 36.7 Å². The Hall–Kier alpha value is -2.13. The van der Waals surface area contributed by atoms with E-state index < -0.39 is 21.7 Å². The lowest BCUT2D eigenvalue weighted by atomic mass is 9.99. The van der Waals surface area contributed by atoms with Gasteiger partial charge in [0, 0.05) is 25.4 Å². The molecule has 0 saturated carbocycles. The average molecular weight is 396 g/mol. The molecule has 1 aromatic carbocycles. The van der Waals surface area contributed by atoms with Crippen LogP contribution in [-0.4, -0.2) is 62.0 Å². The van der Waals surface area contributed by atoms with Crippen LogP contribution in [-0.2, 0) is 19.4 Å². The molecule has 148 valence electrons. The number of hydrogen-bond acceptors (Lipinski definition) is 5. The Morgan fingerprint density at radius 1 is 1.19 bits per heavy atom. The van der Waals surface area contributed by atoms with Crippen molar-refractivity contribution in [3.8, 4) is 0 Å². The maximum atomic E-state index is 12.4.